The van der Waals surface area contributed by atoms with Crippen molar-refractivity contribution in [2.24, 2.45) is 0 Å². The summed E-state index contributed by atoms with van der Waals surface area (Å²) in [5.41, 5.74) is 0. The van der Waals surface area contributed by atoms with Gasteiger partial charge in [-0.3, -0.25) is 4.79 Å². The topological polar surface area (TPSA) is 39.2 Å². The minimum Gasteiger partial charge on any atom is -0.486 e. The number of ether oxygens (including phenoxy) is 1. The van der Waals surface area contributed by atoms with Gasteiger partial charge in [-0.2, -0.15) is 4.39 Å². The van der Waals surface area contributed by atoms with Crippen LogP contribution in [-0.4, -0.2) is 17.9 Å². The van der Waals surface area contributed by atoms with Gasteiger partial charge in [-0.25, -0.2) is 4.98 Å². The number of carbonyl (C=O) groups is 1. The average Bonchev–Trinajstić information content (AvgIpc) is 2.01. The third-order valence-corrected chi connectivity index (χ3v) is 1.02. The van der Waals surface area contributed by atoms with Crippen LogP contribution in [0.5, 0.6) is 5.75 Å². The number of rotatable bonds is 3. The van der Waals surface area contributed by atoms with Crippen LogP contribution in [0.1, 0.15) is 0 Å². The zero-order valence-corrected chi connectivity index (χ0v) is 5.66. The molecule has 0 atom stereocenters. The Labute approximate surface area is 62.8 Å². The van der Waals surface area contributed by atoms with Crippen molar-refractivity contribution in [1.29, 1.82) is 0 Å². The maximum Gasteiger partial charge on any atom is 0.216 e. The van der Waals surface area contributed by atoms with Gasteiger partial charge < -0.3 is 4.74 Å². The number of pyridine rings is 1. The van der Waals surface area contributed by atoms with E-state index in [2.05, 4.69) is 4.98 Å². The third-order valence-electron chi connectivity index (χ3n) is 1.02. The number of halogens is 1. The summed E-state index contributed by atoms with van der Waals surface area (Å²) in [5.74, 6) is -0.307. The van der Waals surface area contributed by atoms with Gasteiger partial charge >= 0.3 is 0 Å². The summed E-state index contributed by atoms with van der Waals surface area (Å²) in [6.07, 6.45) is 1.87. The fraction of sp³-hybridized carbons (Fsp3) is 0.143. The third kappa shape index (κ3) is 2.33. The lowest BCUT2D eigenvalue weighted by atomic mass is 10.4. The second-order valence-electron chi connectivity index (χ2n) is 1.79. The van der Waals surface area contributed by atoms with Gasteiger partial charge in [0.15, 0.2) is 6.29 Å². The molecule has 0 N–H and O–H groups in total. The summed E-state index contributed by atoms with van der Waals surface area (Å²) in [4.78, 5) is 13.1. The van der Waals surface area contributed by atoms with E-state index in [9.17, 15) is 9.18 Å². The van der Waals surface area contributed by atoms with Gasteiger partial charge in [0.1, 0.15) is 12.4 Å². The van der Waals surface area contributed by atoms with E-state index < -0.39 is 5.95 Å². The lowest BCUT2D eigenvalue weighted by molar-refractivity contribution is -0.109. The molecule has 0 aliphatic carbocycles. The number of carbonyl (C=O) groups excluding carboxylic acids is 1. The second-order valence-corrected chi connectivity index (χ2v) is 1.79. The van der Waals surface area contributed by atoms with Gasteiger partial charge in [-0.05, 0) is 6.07 Å². The Morgan fingerprint density at radius 1 is 1.73 bits per heavy atom. The molecule has 0 saturated carbocycles. The summed E-state index contributed by atoms with van der Waals surface area (Å²) in [6, 6.07) is 2.59. The minimum atomic E-state index is -0.617. The molecule has 0 aromatic carbocycles. The minimum absolute atomic E-state index is 0.0660. The maximum atomic E-state index is 12.3. The van der Waals surface area contributed by atoms with Gasteiger partial charge in [0, 0.05) is 12.3 Å². The van der Waals surface area contributed by atoms with Crippen LogP contribution in [0.2, 0.25) is 0 Å². The van der Waals surface area contributed by atoms with Crippen LogP contribution < -0.4 is 4.74 Å². The van der Waals surface area contributed by atoms with E-state index in [0.717, 1.165) is 6.07 Å². The predicted molar refractivity (Wildman–Crippen MR) is 35.8 cm³/mol. The first kappa shape index (κ1) is 7.65. The van der Waals surface area contributed by atoms with Crippen molar-refractivity contribution >= 4 is 6.29 Å². The van der Waals surface area contributed by atoms with Crippen molar-refractivity contribution in [3.05, 3.63) is 24.3 Å². The van der Waals surface area contributed by atoms with Crippen molar-refractivity contribution in [2.75, 3.05) is 6.61 Å². The second kappa shape index (κ2) is 3.65. The first-order valence-electron chi connectivity index (χ1n) is 3.01. The molecule has 1 heterocycles. The SMILES string of the molecule is O=CCOc1ccnc(F)c1. The lowest BCUT2D eigenvalue weighted by Gasteiger charge is -1.99. The molecular weight excluding hydrogens is 149 g/mol. The number of aromatic nitrogens is 1. The molecule has 0 saturated heterocycles. The fourth-order valence-electron chi connectivity index (χ4n) is 0.605. The zero-order valence-electron chi connectivity index (χ0n) is 5.66. The normalized spacial score (nSPS) is 9.18. The van der Waals surface area contributed by atoms with Crippen molar-refractivity contribution in [1.82, 2.24) is 4.98 Å². The number of hydrogen-bond acceptors (Lipinski definition) is 3. The van der Waals surface area contributed by atoms with Crippen LogP contribution in [0.15, 0.2) is 18.3 Å². The summed E-state index contributed by atoms with van der Waals surface area (Å²) in [6.45, 7) is -0.0660. The van der Waals surface area contributed by atoms with E-state index in [-0.39, 0.29) is 6.61 Å². The van der Waals surface area contributed by atoms with Crippen molar-refractivity contribution in [3.8, 4) is 5.75 Å². The monoisotopic (exact) mass is 155 g/mol. The highest BCUT2D eigenvalue weighted by molar-refractivity contribution is 5.51. The van der Waals surface area contributed by atoms with Crippen LogP contribution in [0.3, 0.4) is 0 Å². The van der Waals surface area contributed by atoms with Gasteiger partial charge in [0.05, 0.1) is 0 Å². The van der Waals surface area contributed by atoms with Crippen molar-refractivity contribution < 1.29 is 13.9 Å². The molecule has 0 unspecified atom stereocenters. The van der Waals surface area contributed by atoms with E-state index in [1.165, 1.54) is 12.3 Å². The summed E-state index contributed by atoms with van der Waals surface area (Å²) in [5, 5.41) is 0. The van der Waals surface area contributed by atoms with E-state index in [1.54, 1.807) is 0 Å². The zero-order chi connectivity index (χ0) is 8.10. The van der Waals surface area contributed by atoms with Gasteiger partial charge in [0.2, 0.25) is 5.95 Å². The molecule has 4 heteroatoms. The Balaban J connectivity index is 2.63. The Hall–Kier alpha value is -1.45. The molecule has 1 aromatic heterocycles. The Kier molecular flexibility index (Phi) is 2.54. The molecular formula is C7H6FNO2. The van der Waals surface area contributed by atoms with E-state index in [4.69, 9.17) is 4.74 Å². The smallest absolute Gasteiger partial charge is 0.216 e. The number of nitrogens with zero attached hydrogens (tertiary/aromatic N) is 1. The van der Waals surface area contributed by atoms with Crippen LogP contribution in [0.25, 0.3) is 0 Å². The van der Waals surface area contributed by atoms with Crippen LogP contribution in [-0.2, 0) is 4.79 Å². The lowest BCUT2D eigenvalue weighted by Crippen LogP contribution is -1.98. The number of hydrogen-bond donors (Lipinski definition) is 0. The molecule has 0 bridgehead atoms. The molecule has 3 nitrogen and oxygen atoms in total. The molecule has 0 amide bonds. The van der Waals surface area contributed by atoms with Crippen LogP contribution in [0, 0.1) is 5.95 Å². The quantitative estimate of drug-likeness (QED) is 0.478. The molecule has 11 heavy (non-hydrogen) atoms. The molecule has 58 valence electrons. The Bertz CT molecular complexity index is 252. The molecule has 0 spiro atoms. The summed E-state index contributed by atoms with van der Waals surface area (Å²) in [7, 11) is 0. The molecule has 0 fully saturated rings. The summed E-state index contributed by atoms with van der Waals surface area (Å²) < 4.78 is 17.1. The Morgan fingerprint density at radius 2 is 2.55 bits per heavy atom. The predicted octanol–water partition coefficient (Wildman–Crippen LogP) is 0.798. The highest BCUT2D eigenvalue weighted by atomic mass is 19.1. The molecule has 1 aromatic rings. The Morgan fingerprint density at radius 3 is 3.18 bits per heavy atom. The maximum absolute atomic E-state index is 12.3. The van der Waals surface area contributed by atoms with Crippen molar-refractivity contribution in [2.45, 2.75) is 0 Å². The first-order chi connectivity index (χ1) is 5.33. The molecule has 0 aliphatic rings. The fourth-order valence-corrected chi connectivity index (χ4v) is 0.605. The highest BCUT2D eigenvalue weighted by Crippen LogP contribution is 2.08. The molecule has 0 radical (unpaired) electrons. The molecule has 0 aliphatic heterocycles. The summed E-state index contributed by atoms with van der Waals surface area (Å²) >= 11 is 0. The largest absolute Gasteiger partial charge is 0.486 e. The molecule has 1 rings (SSSR count). The standard InChI is InChI=1S/C7H6FNO2/c8-7-5-6(1-2-9-7)11-4-3-10/h1-3,5H,4H2. The van der Waals surface area contributed by atoms with E-state index in [1.807, 2.05) is 0 Å². The van der Waals surface area contributed by atoms with Gasteiger partial charge in [-0.1, -0.05) is 0 Å². The van der Waals surface area contributed by atoms with Crippen LogP contribution in [0.4, 0.5) is 4.39 Å². The van der Waals surface area contributed by atoms with Crippen LogP contribution >= 0.6 is 0 Å². The number of aldehydes is 1. The first-order valence-corrected chi connectivity index (χ1v) is 3.01. The van der Waals surface area contributed by atoms with Gasteiger partial charge in [0.25, 0.3) is 0 Å². The van der Waals surface area contributed by atoms with E-state index in [0.29, 0.717) is 12.0 Å². The average molecular weight is 155 g/mol. The highest BCUT2D eigenvalue weighted by Gasteiger charge is 1.94. The van der Waals surface area contributed by atoms with Crippen molar-refractivity contribution in [3.63, 3.8) is 0 Å². The van der Waals surface area contributed by atoms with E-state index >= 15 is 0 Å². The van der Waals surface area contributed by atoms with Gasteiger partial charge in [-0.15, -0.1) is 0 Å².